The summed E-state index contributed by atoms with van der Waals surface area (Å²) in [5, 5.41) is 2.99. The second-order valence-corrected chi connectivity index (χ2v) is 6.60. The zero-order chi connectivity index (χ0) is 17.6. The molecule has 2 aliphatic heterocycles. The summed E-state index contributed by atoms with van der Waals surface area (Å²) in [5.41, 5.74) is 0.973. The van der Waals surface area contributed by atoms with Crippen molar-refractivity contribution in [1.29, 1.82) is 0 Å². The van der Waals surface area contributed by atoms with E-state index in [2.05, 4.69) is 5.32 Å². The van der Waals surface area contributed by atoms with Gasteiger partial charge in [-0.1, -0.05) is 6.07 Å². The Bertz CT molecular complexity index is 585. The monoisotopic (exact) mass is 349 g/mol. The minimum atomic E-state index is -0.509. The van der Waals surface area contributed by atoms with Crippen molar-refractivity contribution in [1.82, 2.24) is 5.32 Å². The summed E-state index contributed by atoms with van der Waals surface area (Å²) in [7, 11) is 0. The van der Waals surface area contributed by atoms with E-state index >= 15 is 0 Å². The Morgan fingerprint density at radius 3 is 2.76 bits per heavy atom. The fraction of sp³-hybridized carbons (Fsp3) is 0.632. The summed E-state index contributed by atoms with van der Waals surface area (Å²) in [5.74, 6) is 1.35. The van der Waals surface area contributed by atoms with Crippen LogP contribution in [0.3, 0.4) is 0 Å². The van der Waals surface area contributed by atoms with Gasteiger partial charge < -0.3 is 24.3 Å². The van der Waals surface area contributed by atoms with Crippen LogP contribution < -0.4 is 14.8 Å². The molecule has 1 N–H and O–H groups in total. The van der Waals surface area contributed by atoms with Gasteiger partial charge in [-0.15, -0.1) is 0 Å². The van der Waals surface area contributed by atoms with Gasteiger partial charge in [-0.05, 0) is 50.8 Å². The van der Waals surface area contributed by atoms with Crippen molar-refractivity contribution in [3.8, 4) is 11.5 Å². The van der Waals surface area contributed by atoms with Crippen molar-refractivity contribution in [2.24, 2.45) is 0 Å². The smallest absolute Gasteiger partial charge is 0.249 e. The van der Waals surface area contributed by atoms with Crippen LogP contribution in [0.2, 0.25) is 0 Å². The molecule has 1 amide bonds. The third-order valence-corrected chi connectivity index (χ3v) is 4.60. The van der Waals surface area contributed by atoms with Gasteiger partial charge in [-0.2, -0.15) is 0 Å². The van der Waals surface area contributed by atoms with Crippen molar-refractivity contribution in [2.75, 3.05) is 26.4 Å². The molecule has 1 fully saturated rings. The second kappa shape index (κ2) is 8.54. The topological polar surface area (TPSA) is 66.0 Å². The molecule has 0 bridgehead atoms. The lowest BCUT2D eigenvalue weighted by molar-refractivity contribution is -0.136. The Balaban J connectivity index is 1.49. The average molecular weight is 349 g/mol. The van der Waals surface area contributed by atoms with Crippen LogP contribution in [0.5, 0.6) is 11.5 Å². The molecule has 138 valence electrons. The third kappa shape index (κ3) is 4.86. The summed E-state index contributed by atoms with van der Waals surface area (Å²) < 4.78 is 22.4. The van der Waals surface area contributed by atoms with E-state index in [0.717, 1.165) is 42.9 Å². The van der Waals surface area contributed by atoms with Crippen LogP contribution >= 0.6 is 0 Å². The van der Waals surface area contributed by atoms with Gasteiger partial charge in [0.25, 0.3) is 0 Å². The van der Waals surface area contributed by atoms with Gasteiger partial charge in [0.15, 0.2) is 11.5 Å². The van der Waals surface area contributed by atoms with E-state index in [0.29, 0.717) is 19.8 Å². The number of nitrogens with one attached hydrogen (secondary N) is 1. The maximum absolute atomic E-state index is 12.4. The molecule has 3 rings (SSSR count). The van der Waals surface area contributed by atoms with E-state index in [1.807, 2.05) is 25.1 Å². The van der Waals surface area contributed by atoms with Crippen molar-refractivity contribution < 1.29 is 23.7 Å². The van der Waals surface area contributed by atoms with Crippen LogP contribution in [0, 0.1) is 0 Å². The Kier molecular flexibility index (Phi) is 6.15. The number of hydrogen-bond donors (Lipinski definition) is 1. The molecular weight excluding hydrogens is 322 g/mol. The summed E-state index contributed by atoms with van der Waals surface area (Å²) >= 11 is 0. The van der Waals surface area contributed by atoms with Gasteiger partial charge >= 0.3 is 0 Å². The highest BCUT2D eigenvalue weighted by molar-refractivity contribution is 5.80. The largest absolute Gasteiger partial charge is 0.486 e. The molecule has 0 aliphatic carbocycles. The van der Waals surface area contributed by atoms with Gasteiger partial charge in [-0.25, -0.2) is 0 Å². The first-order valence-electron chi connectivity index (χ1n) is 9.06. The minimum Gasteiger partial charge on any atom is -0.486 e. The molecular formula is C19H27NO5. The molecule has 6 heteroatoms. The van der Waals surface area contributed by atoms with E-state index in [-0.39, 0.29) is 18.1 Å². The molecule has 0 radical (unpaired) electrons. The van der Waals surface area contributed by atoms with E-state index in [4.69, 9.17) is 18.9 Å². The molecule has 2 aliphatic rings. The van der Waals surface area contributed by atoms with E-state index < -0.39 is 6.10 Å². The van der Waals surface area contributed by atoms with E-state index in [9.17, 15) is 4.79 Å². The summed E-state index contributed by atoms with van der Waals surface area (Å²) in [4.78, 5) is 12.4. The zero-order valence-corrected chi connectivity index (χ0v) is 15.0. The van der Waals surface area contributed by atoms with Gasteiger partial charge in [0, 0.05) is 6.61 Å². The highest BCUT2D eigenvalue weighted by Gasteiger charge is 2.21. The van der Waals surface area contributed by atoms with E-state index in [1.54, 1.807) is 6.92 Å². The molecule has 6 nitrogen and oxygen atoms in total. The molecule has 25 heavy (non-hydrogen) atoms. The van der Waals surface area contributed by atoms with Crippen molar-refractivity contribution in [2.45, 2.75) is 51.4 Å². The second-order valence-electron chi connectivity index (χ2n) is 6.60. The Morgan fingerprint density at radius 1 is 1.20 bits per heavy atom. The van der Waals surface area contributed by atoms with Crippen LogP contribution in [0.1, 0.15) is 44.7 Å². The van der Waals surface area contributed by atoms with Crippen molar-refractivity contribution in [3.63, 3.8) is 0 Å². The molecule has 1 aromatic carbocycles. The molecule has 0 spiro atoms. The SMILES string of the molecule is CC(OCC1CCCCO1)C(=O)NC(C)c1ccc2c(c1)OCCO2. The number of hydrogen-bond acceptors (Lipinski definition) is 5. The standard InChI is InChI=1S/C19H27NO5/c1-13(15-6-7-17-18(11-15)24-10-9-23-17)20-19(21)14(2)25-12-16-5-3-4-8-22-16/h6-7,11,13-14,16H,3-5,8-10,12H2,1-2H3,(H,20,21). The van der Waals surface area contributed by atoms with Gasteiger partial charge in [0.05, 0.1) is 18.8 Å². The first-order chi connectivity index (χ1) is 12.1. The first-order valence-corrected chi connectivity index (χ1v) is 9.06. The van der Waals surface area contributed by atoms with Crippen LogP contribution in [0.15, 0.2) is 18.2 Å². The summed E-state index contributed by atoms with van der Waals surface area (Å²) in [6, 6.07) is 5.60. The molecule has 3 atom stereocenters. The van der Waals surface area contributed by atoms with Crippen LogP contribution in [-0.2, 0) is 14.3 Å². The normalized spacial score (nSPS) is 22.1. The Morgan fingerprint density at radius 2 is 2.00 bits per heavy atom. The van der Waals surface area contributed by atoms with Crippen molar-refractivity contribution >= 4 is 5.91 Å². The number of fused-ring (bicyclic) bond motifs is 1. The molecule has 0 saturated carbocycles. The zero-order valence-electron chi connectivity index (χ0n) is 15.0. The molecule has 1 saturated heterocycles. The number of rotatable bonds is 6. The Hall–Kier alpha value is -1.79. The summed E-state index contributed by atoms with van der Waals surface area (Å²) in [6.07, 6.45) is 2.88. The predicted octanol–water partition coefficient (Wildman–Crippen LogP) is 2.61. The number of carbonyl (C=O) groups excluding carboxylic acids is 1. The number of benzene rings is 1. The third-order valence-electron chi connectivity index (χ3n) is 4.60. The lowest BCUT2D eigenvalue weighted by Crippen LogP contribution is -2.38. The highest BCUT2D eigenvalue weighted by atomic mass is 16.6. The highest BCUT2D eigenvalue weighted by Crippen LogP contribution is 2.32. The van der Waals surface area contributed by atoms with Gasteiger partial charge in [0.2, 0.25) is 5.91 Å². The maximum atomic E-state index is 12.4. The maximum Gasteiger partial charge on any atom is 0.249 e. The lowest BCUT2D eigenvalue weighted by atomic mass is 10.1. The lowest BCUT2D eigenvalue weighted by Gasteiger charge is -2.25. The summed E-state index contributed by atoms with van der Waals surface area (Å²) in [6.45, 7) is 6.08. The molecule has 0 aromatic heterocycles. The number of amides is 1. The minimum absolute atomic E-state index is 0.110. The molecule has 3 unspecified atom stereocenters. The number of carbonyl (C=O) groups is 1. The quantitative estimate of drug-likeness (QED) is 0.855. The van der Waals surface area contributed by atoms with Crippen LogP contribution in [0.4, 0.5) is 0 Å². The fourth-order valence-electron chi connectivity index (χ4n) is 3.01. The van der Waals surface area contributed by atoms with Gasteiger partial charge in [0.1, 0.15) is 19.3 Å². The van der Waals surface area contributed by atoms with E-state index in [1.165, 1.54) is 0 Å². The van der Waals surface area contributed by atoms with Crippen molar-refractivity contribution in [3.05, 3.63) is 23.8 Å². The average Bonchev–Trinajstić information content (AvgIpc) is 2.66. The van der Waals surface area contributed by atoms with Gasteiger partial charge in [-0.3, -0.25) is 4.79 Å². The predicted molar refractivity (Wildman–Crippen MR) is 93.0 cm³/mol. The Labute approximate surface area is 148 Å². The van der Waals surface area contributed by atoms with Crippen LogP contribution in [0.25, 0.3) is 0 Å². The number of ether oxygens (including phenoxy) is 4. The molecule has 1 aromatic rings. The fourth-order valence-corrected chi connectivity index (χ4v) is 3.01. The van der Waals surface area contributed by atoms with Crippen LogP contribution in [-0.4, -0.2) is 44.5 Å². The first kappa shape index (κ1) is 18.0. The molecule has 2 heterocycles.